The summed E-state index contributed by atoms with van der Waals surface area (Å²) in [6, 6.07) is 8.43. The molecule has 7 nitrogen and oxygen atoms in total. The Morgan fingerprint density at radius 2 is 1.85 bits per heavy atom. The number of halogens is 1. The third-order valence-corrected chi connectivity index (χ3v) is 4.72. The van der Waals surface area contributed by atoms with Crippen molar-refractivity contribution in [3.8, 4) is 0 Å². The number of carboxylic acids is 1. The zero-order valence-electron chi connectivity index (χ0n) is 15.4. The Morgan fingerprint density at radius 1 is 1.15 bits per heavy atom. The van der Waals surface area contributed by atoms with E-state index in [1.165, 1.54) is 0 Å². The number of unbranched alkanes of at least 4 members (excludes halogenated alkanes) is 1. The number of nitrogens with one attached hydrogen (secondary N) is 2. The van der Waals surface area contributed by atoms with E-state index in [4.69, 9.17) is 4.74 Å². The molecule has 1 aromatic rings. The van der Waals surface area contributed by atoms with Crippen LogP contribution in [0.2, 0.25) is 0 Å². The number of alkyl halides is 1. The fourth-order valence-corrected chi connectivity index (χ4v) is 2.93. The van der Waals surface area contributed by atoms with Crippen LogP contribution in [0.1, 0.15) is 44.6 Å². The van der Waals surface area contributed by atoms with Crippen LogP contribution in [0.5, 0.6) is 0 Å². The molecule has 8 heteroatoms. The monoisotopic (exact) mass is 442 g/mol. The molecule has 0 unspecified atom stereocenters. The lowest BCUT2D eigenvalue weighted by Crippen LogP contribution is -2.44. The maximum atomic E-state index is 11.9. The lowest BCUT2D eigenvalue weighted by atomic mass is 10.1. The summed E-state index contributed by atoms with van der Waals surface area (Å²) in [5, 5.41) is 14.4. The molecule has 0 heterocycles. The number of hydrogen-bond donors (Lipinski definition) is 3. The smallest absolute Gasteiger partial charge is 0.407 e. The van der Waals surface area contributed by atoms with Crippen molar-refractivity contribution in [3.63, 3.8) is 0 Å². The average Bonchev–Trinajstić information content (AvgIpc) is 2.65. The third-order valence-electron chi connectivity index (χ3n) is 3.84. The summed E-state index contributed by atoms with van der Waals surface area (Å²) in [5.41, 5.74) is 0.904. The van der Waals surface area contributed by atoms with Crippen LogP contribution in [-0.4, -0.2) is 40.5 Å². The number of aliphatic carboxylic acids is 1. The predicted molar refractivity (Wildman–Crippen MR) is 106 cm³/mol. The van der Waals surface area contributed by atoms with Gasteiger partial charge in [-0.2, -0.15) is 0 Å². The van der Waals surface area contributed by atoms with Gasteiger partial charge in [0.25, 0.3) is 0 Å². The van der Waals surface area contributed by atoms with Crippen LogP contribution in [0.15, 0.2) is 30.3 Å². The van der Waals surface area contributed by atoms with Gasteiger partial charge in [-0.1, -0.05) is 59.6 Å². The van der Waals surface area contributed by atoms with Gasteiger partial charge < -0.3 is 20.5 Å². The standard InChI is InChI=1S/C19H27BrN2O5/c1-2-8-15(20)17(23)22-16(18(24)25)11-6-7-12-21-19(26)27-13-14-9-4-3-5-10-14/h3-5,9-10,15-16H,2,6-8,11-13H2,1H3,(H,21,26)(H,22,23)(H,24,25)/t15-,16-/m1/s1. The molecule has 2 atom stereocenters. The largest absolute Gasteiger partial charge is 0.480 e. The summed E-state index contributed by atoms with van der Waals surface area (Å²) < 4.78 is 5.09. The molecule has 150 valence electrons. The van der Waals surface area contributed by atoms with E-state index in [-0.39, 0.29) is 17.3 Å². The number of benzene rings is 1. The Labute approximate surface area is 168 Å². The van der Waals surface area contributed by atoms with E-state index in [1.807, 2.05) is 37.3 Å². The molecule has 0 fully saturated rings. The minimum atomic E-state index is -1.06. The highest BCUT2D eigenvalue weighted by Gasteiger charge is 2.22. The van der Waals surface area contributed by atoms with Crippen LogP contribution in [0, 0.1) is 0 Å². The second kappa shape index (κ2) is 13.1. The molecule has 0 aliphatic carbocycles. The molecule has 27 heavy (non-hydrogen) atoms. The van der Waals surface area contributed by atoms with Crippen molar-refractivity contribution in [1.82, 2.24) is 10.6 Å². The van der Waals surface area contributed by atoms with Crippen LogP contribution in [0.4, 0.5) is 4.79 Å². The highest BCUT2D eigenvalue weighted by molar-refractivity contribution is 9.10. The fraction of sp³-hybridized carbons (Fsp3) is 0.526. The SMILES string of the molecule is CCC[C@@H](Br)C(=O)N[C@H](CCCCNC(=O)OCc1ccccc1)C(=O)O. The molecule has 2 amide bonds. The van der Waals surface area contributed by atoms with Crippen LogP contribution in [0.3, 0.4) is 0 Å². The number of amides is 2. The molecule has 1 rings (SSSR count). The molecular weight excluding hydrogens is 416 g/mol. The first kappa shape index (κ1) is 23.0. The summed E-state index contributed by atoms with van der Waals surface area (Å²) >= 11 is 3.26. The fourth-order valence-electron chi connectivity index (χ4n) is 2.34. The quantitative estimate of drug-likeness (QED) is 0.340. The Balaban J connectivity index is 2.21. The van der Waals surface area contributed by atoms with Gasteiger partial charge in [0.05, 0.1) is 4.83 Å². The lowest BCUT2D eigenvalue weighted by Gasteiger charge is -2.17. The third kappa shape index (κ3) is 9.98. The zero-order chi connectivity index (χ0) is 20.1. The van der Waals surface area contributed by atoms with E-state index in [0.29, 0.717) is 32.2 Å². The van der Waals surface area contributed by atoms with Crippen LogP contribution >= 0.6 is 15.9 Å². The van der Waals surface area contributed by atoms with E-state index in [9.17, 15) is 19.5 Å². The molecule has 0 radical (unpaired) electrons. The van der Waals surface area contributed by atoms with Gasteiger partial charge in [0.15, 0.2) is 0 Å². The Bertz CT molecular complexity index is 597. The van der Waals surface area contributed by atoms with Gasteiger partial charge in [-0.15, -0.1) is 0 Å². The van der Waals surface area contributed by atoms with Crippen LogP contribution < -0.4 is 10.6 Å². The second-order valence-electron chi connectivity index (χ2n) is 6.14. The molecule has 0 saturated carbocycles. The number of alkyl carbamates (subject to hydrolysis) is 1. The number of ether oxygens (including phenoxy) is 1. The van der Waals surface area contributed by atoms with Crippen molar-refractivity contribution in [2.75, 3.05) is 6.54 Å². The van der Waals surface area contributed by atoms with Gasteiger partial charge in [-0.25, -0.2) is 9.59 Å². The maximum Gasteiger partial charge on any atom is 0.407 e. The molecule has 0 aliphatic heterocycles. The first-order valence-corrected chi connectivity index (χ1v) is 9.97. The van der Waals surface area contributed by atoms with E-state index in [1.54, 1.807) is 0 Å². The normalized spacial score (nSPS) is 12.7. The number of carbonyl (C=O) groups excluding carboxylic acids is 2. The minimum absolute atomic E-state index is 0.200. The highest BCUT2D eigenvalue weighted by Crippen LogP contribution is 2.09. The lowest BCUT2D eigenvalue weighted by molar-refractivity contribution is -0.142. The van der Waals surface area contributed by atoms with Crippen molar-refractivity contribution in [2.45, 2.75) is 56.5 Å². The Kier molecular flexibility index (Phi) is 11.2. The maximum absolute atomic E-state index is 11.9. The molecule has 1 aromatic carbocycles. The number of carbonyl (C=O) groups is 3. The first-order valence-electron chi connectivity index (χ1n) is 9.05. The van der Waals surface area contributed by atoms with Gasteiger partial charge in [0, 0.05) is 6.54 Å². The van der Waals surface area contributed by atoms with Crippen LogP contribution in [0.25, 0.3) is 0 Å². The molecule has 0 aromatic heterocycles. The van der Waals surface area contributed by atoms with E-state index < -0.39 is 18.1 Å². The summed E-state index contributed by atoms with van der Waals surface area (Å²) in [4.78, 5) is 34.4. The van der Waals surface area contributed by atoms with Crippen LogP contribution in [-0.2, 0) is 20.9 Å². The molecule has 0 bridgehead atoms. The minimum Gasteiger partial charge on any atom is -0.480 e. The topological polar surface area (TPSA) is 105 Å². The summed E-state index contributed by atoms with van der Waals surface area (Å²) in [6.45, 7) is 2.53. The number of rotatable bonds is 12. The predicted octanol–water partition coefficient (Wildman–Crippen LogP) is 3.22. The van der Waals surface area contributed by atoms with Gasteiger partial charge >= 0.3 is 12.1 Å². The van der Waals surface area contributed by atoms with Crippen molar-refractivity contribution in [1.29, 1.82) is 0 Å². The molecule has 0 aliphatic rings. The second-order valence-corrected chi connectivity index (χ2v) is 7.25. The molecule has 0 saturated heterocycles. The summed E-state index contributed by atoms with van der Waals surface area (Å²) in [5.74, 6) is -1.37. The Hall–Kier alpha value is -2.09. The van der Waals surface area contributed by atoms with E-state index in [2.05, 4.69) is 26.6 Å². The van der Waals surface area contributed by atoms with Crippen molar-refractivity contribution in [2.24, 2.45) is 0 Å². The van der Waals surface area contributed by atoms with Gasteiger partial charge in [-0.3, -0.25) is 4.79 Å². The van der Waals surface area contributed by atoms with E-state index in [0.717, 1.165) is 12.0 Å². The Morgan fingerprint density at radius 3 is 2.48 bits per heavy atom. The van der Waals surface area contributed by atoms with Crippen molar-refractivity contribution < 1.29 is 24.2 Å². The van der Waals surface area contributed by atoms with Gasteiger partial charge in [-0.05, 0) is 31.2 Å². The first-order chi connectivity index (χ1) is 12.9. The van der Waals surface area contributed by atoms with Gasteiger partial charge in [0.1, 0.15) is 12.6 Å². The van der Waals surface area contributed by atoms with E-state index >= 15 is 0 Å². The highest BCUT2D eigenvalue weighted by atomic mass is 79.9. The average molecular weight is 443 g/mol. The molecular formula is C19H27BrN2O5. The molecule has 0 spiro atoms. The molecule has 3 N–H and O–H groups in total. The van der Waals surface area contributed by atoms with Crippen molar-refractivity contribution >= 4 is 33.9 Å². The zero-order valence-corrected chi connectivity index (χ0v) is 17.0. The van der Waals surface area contributed by atoms with Crippen molar-refractivity contribution in [3.05, 3.63) is 35.9 Å². The van der Waals surface area contributed by atoms with Gasteiger partial charge in [0.2, 0.25) is 5.91 Å². The summed E-state index contributed by atoms with van der Waals surface area (Å²) in [6.07, 6.45) is 2.40. The number of carboxylic acid groups (broad SMARTS) is 1. The summed E-state index contributed by atoms with van der Waals surface area (Å²) in [7, 11) is 0. The number of hydrogen-bond acceptors (Lipinski definition) is 4.